The Kier molecular flexibility index (Phi) is 2.94. The molecule has 1 aromatic carbocycles. The van der Waals surface area contributed by atoms with E-state index in [1.165, 1.54) is 19.1 Å². The van der Waals surface area contributed by atoms with Crippen LogP contribution >= 0.6 is 0 Å². The fraction of sp³-hybridized carbons (Fsp3) is 0.0833. The van der Waals surface area contributed by atoms with Gasteiger partial charge in [0.1, 0.15) is 5.69 Å². The van der Waals surface area contributed by atoms with E-state index in [0.29, 0.717) is 0 Å². The molecule has 2 aromatic rings. The van der Waals surface area contributed by atoms with Gasteiger partial charge >= 0.3 is 0 Å². The first-order valence-electron chi connectivity index (χ1n) is 4.95. The molecule has 0 radical (unpaired) electrons. The average molecular weight is 257 g/mol. The van der Waals surface area contributed by atoms with E-state index in [-0.39, 0.29) is 11.8 Å². The molecule has 0 aliphatic rings. The molecule has 0 unspecified atom stereocenters. The number of aromatic nitrogens is 1. The molecule has 18 heavy (non-hydrogen) atoms. The summed E-state index contributed by atoms with van der Waals surface area (Å²) in [6.07, 6.45) is 1.15. The number of nitrogens with zero attached hydrogens (tertiary/aromatic N) is 1. The second-order valence-corrected chi connectivity index (χ2v) is 3.64. The summed E-state index contributed by atoms with van der Waals surface area (Å²) in [6, 6.07) is 2.76. The lowest BCUT2D eigenvalue weighted by Gasteiger charge is -2.10. The van der Waals surface area contributed by atoms with Crippen molar-refractivity contribution < 1.29 is 22.4 Å². The van der Waals surface area contributed by atoms with Gasteiger partial charge in [-0.1, -0.05) is 0 Å². The SMILES string of the molecule is CC(=O)c1cccn1-c1c(F)c(F)cc(F)c1F. The quantitative estimate of drug-likeness (QED) is 0.460. The van der Waals surface area contributed by atoms with Crippen molar-refractivity contribution in [1.29, 1.82) is 0 Å². The maximum atomic E-state index is 13.5. The molecule has 1 heterocycles. The van der Waals surface area contributed by atoms with Gasteiger partial charge in [0.25, 0.3) is 0 Å². The predicted octanol–water partition coefficient (Wildman–Crippen LogP) is 3.24. The van der Waals surface area contributed by atoms with Crippen LogP contribution < -0.4 is 0 Å². The molecule has 2 rings (SSSR count). The van der Waals surface area contributed by atoms with Crippen molar-refractivity contribution >= 4 is 5.78 Å². The van der Waals surface area contributed by atoms with Crippen LogP contribution in [0.2, 0.25) is 0 Å². The van der Waals surface area contributed by atoms with E-state index >= 15 is 0 Å². The number of rotatable bonds is 2. The van der Waals surface area contributed by atoms with Crippen LogP contribution in [0.1, 0.15) is 17.4 Å². The minimum atomic E-state index is -1.55. The molecular weight excluding hydrogens is 250 g/mol. The molecule has 2 nitrogen and oxygen atoms in total. The van der Waals surface area contributed by atoms with Crippen molar-refractivity contribution in [2.75, 3.05) is 0 Å². The van der Waals surface area contributed by atoms with Crippen LogP contribution in [0.15, 0.2) is 24.4 Å². The molecule has 6 heteroatoms. The number of hydrogen-bond acceptors (Lipinski definition) is 1. The number of ketones is 1. The van der Waals surface area contributed by atoms with E-state index in [1.807, 2.05) is 0 Å². The molecule has 0 aliphatic heterocycles. The Balaban J connectivity index is 2.79. The van der Waals surface area contributed by atoms with Crippen molar-refractivity contribution in [3.8, 4) is 5.69 Å². The third-order valence-electron chi connectivity index (χ3n) is 2.44. The molecule has 1 aromatic heterocycles. The molecule has 0 bridgehead atoms. The van der Waals surface area contributed by atoms with E-state index < -0.39 is 34.7 Å². The lowest BCUT2D eigenvalue weighted by Crippen LogP contribution is -2.10. The van der Waals surface area contributed by atoms with Crippen LogP contribution in [0, 0.1) is 23.3 Å². The molecule has 94 valence electrons. The predicted molar refractivity (Wildman–Crippen MR) is 55.6 cm³/mol. The fourth-order valence-corrected chi connectivity index (χ4v) is 1.63. The van der Waals surface area contributed by atoms with Gasteiger partial charge in [0.15, 0.2) is 29.1 Å². The summed E-state index contributed by atoms with van der Waals surface area (Å²) in [4.78, 5) is 11.2. The summed E-state index contributed by atoms with van der Waals surface area (Å²) in [5, 5.41) is 0. The minimum Gasteiger partial charge on any atom is -0.309 e. The van der Waals surface area contributed by atoms with Gasteiger partial charge in [-0.05, 0) is 12.1 Å². The molecule has 0 fully saturated rings. The van der Waals surface area contributed by atoms with Crippen molar-refractivity contribution in [2.24, 2.45) is 0 Å². The highest BCUT2D eigenvalue weighted by atomic mass is 19.2. The van der Waals surface area contributed by atoms with E-state index in [4.69, 9.17) is 0 Å². The Morgan fingerprint density at radius 3 is 2.17 bits per heavy atom. The fourth-order valence-electron chi connectivity index (χ4n) is 1.63. The number of halogens is 4. The van der Waals surface area contributed by atoms with Crippen LogP contribution in [0.4, 0.5) is 17.6 Å². The lowest BCUT2D eigenvalue weighted by molar-refractivity contribution is 0.101. The normalized spacial score (nSPS) is 10.7. The van der Waals surface area contributed by atoms with E-state index in [0.717, 1.165) is 10.8 Å². The number of benzene rings is 1. The molecular formula is C12H7F4NO. The highest BCUT2D eigenvalue weighted by Crippen LogP contribution is 2.24. The molecule has 0 N–H and O–H groups in total. The molecule has 0 atom stereocenters. The monoisotopic (exact) mass is 257 g/mol. The van der Waals surface area contributed by atoms with Crippen LogP contribution in [0.3, 0.4) is 0 Å². The summed E-state index contributed by atoms with van der Waals surface area (Å²) < 4.78 is 54.0. The third kappa shape index (κ3) is 1.79. The Morgan fingerprint density at radius 1 is 1.11 bits per heavy atom. The Bertz CT molecular complexity index is 607. The summed E-state index contributed by atoms with van der Waals surface area (Å²) in [5.74, 6) is -6.62. The molecule has 0 aliphatic carbocycles. The van der Waals surface area contributed by atoms with Crippen LogP contribution in [-0.2, 0) is 0 Å². The second kappa shape index (κ2) is 4.29. The first kappa shape index (κ1) is 12.3. The topological polar surface area (TPSA) is 22.0 Å². The van der Waals surface area contributed by atoms with Crippen molar-refractivity contribution in [2.45, 2.75) is 6.92 Å². The second-order valence-electron chi connectivity index (χ2n) is 3.64. The Hall–Kier alpha value is -2.11. The number of carbonyl (C=O) groups is 1. The van der Waals surface area contributed by atoms with E-state index in [9.17, 15) is 22.4 Å². The third-order valence-corrected chi connectivity index (χ3v) is 2.44. The van der Waals surface area contributed by atoms with Crippen LogP contribution in [0.5, 0.6) is 0 Å². The largest absolute Gasteiger partial charge is 0.309 e. The highest BCUT2D eigenvalue weighted by molar-refractivity contribution is 5.93. The standard InChI is InChI=1S/C12H7F4NO/c1-6(18)9-3-2-4-17(9)12-10(15)7(13)5-8(14)11(12)16/h2-5H,1H3. The minimum absolute atomic E-state index is 0.0715. The van der Waals surface area contributed by atoms with Gasteiger partial charge in [0.2, 0.25) is 0 Å². The van der Waals surface area contributed by atoms with Gasteiger partial charge in [0.05, 0.1) is 5.69 Å². The van der Waals surface area contributed by atoms with Crippen molar-refractivity contribution in [1.82, 2.24) is 4.57 Å². The first-order chi connectivity index (χ1) is 8.43. The summed E-state index contributed by atoms with van der Waals surface area (Å²) in [5.41, 5.74) is -1.01. The number of carbonyl (C=O) groups excluding carboxylic acids is 1. The number of hydrogen-bond donors (Lipinski definition) is 0. The summed E-state index contributed by atoms with van der Waals surface area (Å²) in [7, 11) is 0. The Labute approximate surface area is 99.5 Å². The van der Waals surface area contributed by atoms with Crippen LogP contribution in [-0.4, -0.2) is 10.4 Å². The van der Waals surface area contributed by atoms with Gasteiger partial charge < -0.3 is 4.57 Å². The summed E-state index contributed by atoms with van der Waals surface area (Å²) in [6.45, 7) is 1.18. The summed E-state index contributed by atoms with van der Waals surface area (Å²) >= 11 is 0. The lowest BCUT2D eigenvalue weighted by atomic mass is 10.2. The maximum Gasteiger partial charge on any atom is 0.186 e. The van der Waals surface area contributed by atoms with Gasteiger partial charge in [0, 0.05) is 19.2 Å². The molecule has 0 saturated carbocycles. The average Bonchev–Trinajstić information content (AvgIpc) is 2.76. The zero-order chi connectivity index (χ0) is 13.4. The van der Waals surface area contributed by atoms with E-state index in [2.05, 4.69) is 0 Å². The van der Waals surface area contributed by atoms with E-state index in [1.54, 1.807) is 0 Å². The van der Waals surface area contributed by atoms with Gasteiger partial charge in [-0.15, -0.1) is 0 Å². The van der Waals surface area contributed by atoms with Gasteiger partial charge in [-0.2, -0.15) is 0 Å². The molecule has 0 amide bonds. The molecule has 0 saturated heterocycles. The zero-order valence-corrected chi connectivity index (χ0v) is 9.18. The molecule has 0 spiro atoms. The highest BCUT2D eigenvalue weighted by Gasteiger charge is 2.22. The van der Waals surface area contributed by atoms with Crippen LogP contribution in [0.25, 0.3) is 5.69 Å². The smallest absolute Gasteiger partial charge is 0.186 e. The first-order valence-corrected chi connectivity index (χ1v) is 4.95. The van der Waals surface area contributed by atoms with Gasteiger partial charge in [-0.3, -0.25) is 4.79 Å². The van der Waals surface area contributed by atoms with Crippen molar-refractivity contribution in [3.63, 3.8) is 0 Å². The van der Waals surface area contributed by atoms with Crippen molar-refractivity contribution in [3.05, 3.63) is 53.4 Å². The zero-order valence-electron chi connectivity index (χ0n) is 9.18. The maximum absolute atomic E-state index is 13.5. The Morgan fingerprint density at radius 2 is 1.67 bits per heavy atom. The number of Topliss-reactive ketones (excluding diaryl/α,β-unsaturated/α-hetero) is 1. The van der Waals surface area contributed by atoms with Gasteiger partial charge in [-0.25, -0.2) is 17.6 Å².